The van der Waals surface area contributed by atoms with Gasteiger partial charge in [-0.1, -0.05) is 26.7 Å². The first-order valence-corrected chi connectivity index (χ1v) is 6.66. The molecule has 0 saturated heterocycles. The zero-order valence-corrected chi connectivity index (χ0v) is 11.2. The third-order valence-electron chi connectivity index (χ3n) is 3.08. The van der Waals surface area contributed by atoms with Crippen molar-refractivity contribution in [2.75, 3.05) is 0 Å². The summed E-state index contributed by atoms with van der Waals surface area (Å²) in [5.41, 5.74) is 0. The first kappa shape index (κ1) is 14.6. The lowest BCUT2D eigenvalue weighted by molar-refractivity contribution is -0.137. The smallest absolute Gasteiger partial charge is 0.303 e. The first-order chi connectivity index (χ1) is 8.69. The van der Waals surface area contributed by atoms with Crippen LogP contribution in [0.15, 0.2) is 0 Å². The number of tetrazole rings is 1. The number of unbranched alkanes of at least 4 members (excludes halogenated alkanes) is 1. The van der Waals surface area contributed by atoms with E-state index in [1.54, 1.807) is 4.68 Å². The van der Waals surface area contributed by atoms with Gasteiger partial charge < -0.3 is 5.11 Å². The Morgan fingerprint density at radius 1 is 1.39 bits per heavy atom. The standard InChI is InChI=1S/C12H22N4O2/c1-3-5-7-10(4-2)12-13-14-15-16(12)9-6-8-11(17)18/h10H,3-9H2,1-2H3,(H,17,18). The highest BCUT2D eigenvalue weighted by Crippen LogP contribution is 2.23. The van der Waals surface area contributed by atoms with E-state index in [2.05, 4.69) is 29.4 Å². The van der Waals surface area contributed by atoms with Crippen molar-refractivity contribution in [2.45, 2.75) is 64.8 Å². The van der Waals surface area contributed by atoms with Crippen molar-refractivity contribution in [1.82, 2.24) is 20.2 Å². The molecule has 18 heavy (non-hydrogen) atoms. The monoisotopic (exact) mass is 254 g/mol. The maximum atomic E-state index is 10.5. The molecule has 1 aromatic rings. The van der Waals surface area contributed by atoms with Gasteiger partial charge >= 0.3 is 5.97 Å². The van der Waals surface area contributed by atoms with Gasteiger partial charge in [0, 0.05) is 18.9 Å². The summed E-state index contributed by atoms with van der Waals surface area (Å²) in [6.07, 6.45) is 5.16. The van der Waals surface area contributed by atoms with Gasteiger partial charge in [0.05, 0.1) is 0 Å². The molecule has 0 aromatic carbocycles. The highest BCUT2D eigenvalue weighted by Gasteiger charge is 2.16. The van der Waals surface area contributed by atoms with Crippen LogP contribution in [0.25, 0.3) is 0 Å². The van der Waals surface area contributed by atoms with Crippen LogP contribution >= 0.6 is 0 Å². The molecule has 1 unspecified atom stereocenters. The van der Waals surface area contributed by atoms with Gasteiger partial charge in [-0.2, -0.15) is 0 Å². The van der Waals surface area contributed by atoms with E-state index in [-0.39, 0.29) is 6.42 Å². The van der Waals surface area contributed by atoms with Crippen LogP contribution in [0, 0.1) is 0 Å². The molecule has 1 rings (SSSR count). The highest BCUT2D eigenvalue weighted by atomic mass is 16.4. The predicted octanol–water partition coefficient (Wildman–Crippen LogP) is 2.22. The zero-order valence-electron chi connectivity index (χ0n) is 11.2. The fourth-order valence-corrected chi connectivity index (χ4v) is 2.01. The number of hydrogen-bond acceptors (Lipinski definition) is 4. The van der Waals surface area contributed by atoms with E-state index < -0.39 is 5.97 Å². The Morgan fingerprint density at radius 3 is 2.78 bits per heavy atom. The Balaban J connectivity index is 2.58. The maximum Gasteiger partial charge on any atom is 0.303 e. The molecule has 0 radical (unpaired) electrons. The summed E-state index contributed by atoms with van der Waals surface area (Å²) >= 11 is 0. The van der Waals surface area contributed by atoms with Gasteiger partial charge in [0.2, 0.25) is 0 Å². The van der Waals surface area contributed by atoms with Crippen LogP contribution < -0.4 is 0 Å². The lowest BCUT2D eigenvalue weighted by Crippen LogP contribution is -2.11. The van der Waals surface area contributed by atoms with Crippen molar-refractivity contribution in [2.24, 2.45) is 0 Å². The number of hydrogen-bond donors (Lipinski definition) is 1. The number of carboxylic acids is 1. The van der Waals surface area contributed by atoms with Crippen molar-refractivity contribution in [1.29, 1.82) is 0 Å². The first-order valence-electron chi connectivity index (χ1n) is 6.66. The molecule has 0 aliphatic rings. The lowest BCUT2D eigenvalue weighted by atomic mass is 9.98. The van der Waals surface area contributed by atoms with E-state index in [0.29, 0.717) is 18.9 Å². The largest absolute Gasteiger partial charge is 0.481 e. The van der Waals surface area contributed by atoms with Crippen LogP contribution in [0.4, 0.5) is 0 Å². The van der Waals surface area contributed by atoms with Crippen LogP contribution in [0.2, 0.25) is 0 Å². The summed E-state index contributed by atoms with van der Waals surface area (Å²) in [5, 5.41) is 20.4. The molecule has 0 spiro atoms. The Hall–Kier alpha value is -1.46. The number of nitrogens with zero attached hydrogens (tertiary/aromatic N) is 4. The molecule has 6 heteroatoms. The minimum atomic E-state index is -0.775. The second kappa shape index (κ2) is 7.79. The summed E-state index contributed by atoms with van der Waals surface area (Å²) in [4.78, 5) is 10.5. The summed E-state index contributed by atoms with van der Waals surface area (Å²) in [5.74, 6) is 0.503. The molecule has 1 heterocycles. The number of aliphatic carboxylic acids is 1. The van der Waals surface area contributed by atoms with Gasteiger partial charge in [0.15, 0.2) is 5.82 Å². The molecule has 6 nitrogen and oxygen atoms in total. The van der Waals surface area contributed by atoms with Gasteiger partial charge in [-0.15, -0.1) is 5.10 Å². The molecule has 0 saturated carbocycles. The summed E-state index contributed by atoms with van der Waals surface area (Å²) < 4.78 is 1.76. The van der Waals surface area contributed by atoms with Crippen molar-refractivity contribution in [3.8, 4) is 0 Å². The number of aryl methyl sites for hydroxylation is 1. The third-order valence-corrected chi connectivity index (χ3v) is 3.08. The molecule has 0 bridgehead atoms. The zero-order chi connectivity index (χ0) is 13.4. The number of rotatable bonds is 9. The van der Waals surface area contributed by atoms with E-state index in [9.17, 15) is 4.79 Å². The molecule has 1 N–H and O–H groups in total. The number of carboxylic acid groups (broad SMARTS) is 1. The average molecular weight is 254 g/mol. The van der Waals surface area contributed by atoms with Crippen molar-refractivity contribution >= 4 is 5.97 Å². The second-order valence-electron chi connectivity index (χ2n) is 4.50. The van der Waals surface area contributed by atoms with Gasteiger partial charge in [-0.3, -0.25) is 4.79 Å². The topological polar surface area (TPSA) is 80.9 Å². The fraction of sp³-hybridized carbons (Fsp3) is 0.833. The quantitative estimate of drug-likeness (QED) is 0.730. The molecule has 0 amide bonds. The Bertz CT molecular complexity index is 365. The molecule has 0 aliphatic heterocycles. The lowest BCUT2D eigenvalue weighted by Gasteiger charge is -2.13. The summed E-state index contributed by atoms with van der Waals surface area (Å²) in [6.45, 7) is 4.89. The van der Waals surface area contributed by atoms with Crippen LogP contribution in [-0.4, -0.2) is 31.3 Å². The Kier molecular flexibility index (Phi) is 6.32. The fourth-order valence-electron chi connectivity index (χ4n) is 2.01. The van der Waals surface area contributed by atoms with Crippen LogP contribution in [-0.2, 0) is 11.3 Å². The Labute approximate surface area is 107 Å². The van der Waals surface area contributed by atoms with E-state index in [1.807, 2.05) is 0 Å². The van der Waals surface area contributed by atoms with E-state index in [0.717, 1.165) is 25.1 Å². The molecular weight excluding hydrogens is 232 g/mol. The van der Waals surface area contributed by atoms with Crippen LogP contribution in [0.3, 0.4) is 0 Å². The van der Waals surface area contributed by atoms with Crippen LogP contribution in [0.1, 0.15) is 64.1 Å². The maximum absolute atomic E-state index is 10.5. The molecule has 1 aromatic heterocycles. The van der Waals surface area contributed by atoms with Crippen molar-refractivity contribution in [3.63, 3.8) is 0 Å². The molecule has 102 valence electrons. The van der Waals surface area contributed by atoms with Crippen molar-refractivity contribution < 1.29 is 9.90 Å². The Morgan fingerprint density at radius 2 is 2.17 bits per heavy atom. The molecular formula is C12H22N4O2. The van der Waals surface area contributed by atoms with E-state index in [1.165, 1.54) is 6.42 Å². The predicted molar refractivity (Wildman–Crippen MR) is 67.2 cm³/mol. The van der Waals surface area contributed by atoms with Gasteiger partial charge in [-0.25, -0.2) is 4.68 Å². The van der Waals surface area contributed by atoms with Gasteiger partial charge in [0.1, 0.15) is 0 Å². The summed E-state index contributed by atoms with van der Waals surface area (Å²) in [6, 6.07) is 0. The minimum Gasteiger partial charge on any atom is -0.481 e. The minimum absolute atomic E-state index is 0.158. The normalized spacial score (nSPS) is 12.6. The van der Waals surface area contributed by atoms with Crippen molar-refractivity contribution in [3.05, 3.63) is 5.82 Å². The number of carbonyl (C=O) groups is 1. The summed E-state index contributed by atoms with van der Waals surface area (Å²) in [7, 11) is 0. The highest BCUT2D eigenvalue weighted by molar-refractivity contribution is 5.66. The average Bonchev–Trinajstić information content (AvgIpc) is 2.78. The van der Waals surface area contributed by atoms with E-state index >= 15 is 0 Å². The van der Waals surface area contributed by atoms with E-state index in [4.69, 9.17) is 5.11 Å². The third kappa shape index (κ3) is 4.43. The second-order valence-corrected chi connectivity index (χ2v) is 4.50. The molecule has 0 fully saturated rings. The number of aromatic nitrogens is 4. The SMILES string of the molecule is CCCCC(CC)c1nnnn1CCCC(=O)O. The van der Waals surface area contributed by atoms with Gasteiger partial charge in [0.25, 0.3) is 0 Å². The molecule has 0 aliphatic carbocycles. The molecule has 1 atom stereocenters. The van der Waals surface area contributed by atoms with Gasteiger partial charge in [-0.05, 0) is 29.7 Å². The van der Waals surface area contributed by atoms with Crippen LogP contribution in [0.5, 0.6) is 0 Å².